The number of aliphatic carboxylic acids is 2. The first-order chi connectivity index (χ1) is 13.4. The lowest BCUT2D eigenvalue weighted by molar-refractivity contribution is -0.149. The van der Waals surface area contributed by atoms with Crippen LogP contribution in [0.15, 0.2) is 24.3 Å². The zero-order chi connectivity index (χ0) is 22.0. The number of halogens is 1. The second-order valence-corrected chi connectivity index (χ2v) is 7.78. The molecule has 0 aromatic heterocycles. The molecule has 9 nitrogen and oxygen atoms in total. The van der Waals surface area contributed by atoms with Crippen LogP contribution in [0, 0.1) is 11.7 Å². The Morgan fingerprint density at radius 2 is 1.86 bits per heavy atom. The van der Waals surface area contributed by atoms with Crippen molar-refractivity contribution in [3.05, 3.63) is 35.6 Å². The predicted molar refractivity (Wildman–Crippen MR) is 97.6 cm³/mol. The van der Waals surface area contributed by atoms with E-state index >= 15 is 0 Å². The number of carbonyl (C=O) groups is 4. The molecule has 1 amide bonds. The molecule has 10 heteroatoms. The van der Waals surface area contributed by atoms with Crippen LogP contribution in [0.2, 0.25) is 0 Å². The molecule has 0 spiro atoms. The molecule has 3 atom stereocenters. The fourth-order valence-corrected chi connectivity index (χ4v) is 3.20. The molecule has 1 aliphatic rings. The van der Waals surface area contributed by atoms with Crippen LogP contribution in [0.5, 0.6) is 0 Å². The van der Waals surface area contributed by atoms with E-state index in [9.17, 15) is 33.8 Å². The van der Waals surface area contributed by atoms with E-state index in [0.29, 0.717) is 0 Å². The van der Waals surface area contributed by atoms with Gasteiger partial charge in [0.15, 0.2) is 11.3 Å². The van der Waals surface area contributed by atoms with Gasteiger partial charge >= 0.3 is 18.0 Å². The highest BCUT2D eigenvalue weighted by atomic mass is 19.1. The fourth-order valence-electron chi connectivity index (χ4n) is 3.20. The van der Waals surface area contributed by atoms with Gasteiger partial charge < -0.3 is 20.3 Å². The molecule has 158 valence electrons. The summed E-state index contributed by atoms with van der Waals surface area (Å²) in [6, 6.07) is 4.08. The SMILES string of the molecule is CC(C)(C)OC(=O)NCC(=O)C1(C(=O)O)CC(C(=O)O)C(c2ccccc2F)N1. The number of alkyl carbamates (subject to hydrolysis) is 1. The standard InChI is InChI=1S/C19H23FN2O7/c1-18(2,3)29-17(28)21-9-13(23)19(16(26)27)8-11(15(24)25)14(22-19)10-6-4-5-7-12(10)20/h4-7,11,14,22H,8-9H2,1-3H3,(H,21,28)(H,24,25)(H,26,27). The highest BCUT2D eigenvalue weighted by molar-refractivity contribution is 6.10. The Labute approximate surface area is 166 Å². The summed E-state index contributed by atoms with van der Waals surface area (Å²) in [6.45, 7) is 4.14. The van der Waals surface area contributed by atoms with E-state index in [1.807, 2.05) is 0 Å². The van der Waals surface area contributed by atoms with Crippen molar-refractivity contribution in [2.75, 3.05) is 6.54 Å². The zero-order valence-corrected chi connectivity index (χ0v) is 16.2. The smallest absolute Gasteiger partial charge is 0.408 e. The number of carboxylic acid groups (broad SMARTS) is 2. The van der Waals surface area contributed by atoms with Crippen LogP contribution in [0.3, 0.4) is 0 Å². The molecule has 0 saturated carbocycles. The van der Waals surface area contributed by atoms with Crippen LogP contribution < -0.4 is 10.6 Å². The minimum Gasteiger partial charge on any atom is -0.481 e. The van der Waals surface area contributed by atoms with Crippen molar-refractivity contribution in [3.63, 3.8) is 0 Å². The minimum absolute atomic E-state index is 0.0593. The summed E-state index contributed by atoms with van der Waals surface area (Å²) >= 11 is 0. The number of ether oxygens (including phenoxy) is 1. The number of carbonyl (C=O) groups excluding carboxylic acids is 2. The number of carboxylic acids is 2. The lowest BCUT2D eigenvalue weighted by atomic mass is 9.86. The van der Waals surface area contributed by atoms with Crippen molar-refractivity contribution in [2.45, 2.75) is 44.4 Å². The molecule has 1 heterocycles. The van der Waals surface area contributed by atoms with Gasteiger partial charge in [0.1, 0.15) is 11.4 Å². The molecule has 3 unspecified atom stereocenters. The maximum atomic E-state index is 14.2. The van der Waals surface area contributed by atoms with Crippen LogP contribution in [-0.4, -0.2) is 51.7 Å². The van der Waals surface area contributed by atoms with Gasteiger partial charge in [0.05, 0.1) is 12.5 Å². The largest absolute Gasteiger partial charge is 0.481 e. The van der Waals surface area contributed by atoms with Gasteiger partial charge in [-0.15, -0.1) is 0 Å². The van der Waals surface area contributed by atoms with Crippen molar-refractivity contribution >= 4 is 23.8 Å². The molecule has 0 radical (unpaired) electrons. The summed E-state index contributed by atoms with van der Waals surface area (Å²) in [5.74, 6) is -6.05. The molecule has 1 aliphatic heterocycles. The third-order valence-electron chi connectivity index (χ3n) is 4.52. The van der Waals surface area contributed by atoms with E-state index in [-0.39, 0.29) is 5.56 Å². The molecule has 0 aliphatic carbocycles. The fraction of sp³-hybridized carbons (Fsp3) is 0.474. The lowest BCUT2D eigenvalue weighted by Crippen LogP contribution is -2.57. The molecule has 1 fully saturated rings. The van der Waals surface area contributed by atoms with Crippen LogP contribution in [0.1, 0.15) is 38.8 Å². The monoisotopic (exact) mass is 410 g/mol. The molecule has 1 saturated heterocycles. The van der Waals surface area contributed by atoms with Gasteiger partial charge in [-0.05, 0) is 33.3 Å². The van der Waals surface area contributed by atoms with Crippen LogP contribution in [0.4, 0.5) is 9.18 Å². The van der Waals surface area contributed by atoms with Gasteiger partial charge in [0, 0.05) is 11.6 Å². The number of rotatable bonds is 6. The highest BCUT2D eigenvalue weighted by Crippen LogP contribution is 2.40. The molecule has 1 aromatic carbocycles. The van der Waals surface area contributed by atoms with E-state index in [2.05, 4.69) is 10.6 Å². The van der Waals surface area contributed by atoms with Crippen molar-refractivity contribution in [1.29, 1.82) is 0 Å². The van der Waals surface area contributed by atoms with E-state index in [4.69, 9.17) is 4.74 Å². The van der Waals surface area contributed by atoms with Crippen LogP contribution in [-0.2, 0) is 19.1 Å². The van der Waals surface area contributed by atoms with E-state index in [1.165, 1.54) is 18.2 Å². The molecule has 1 aromatic rings. The number of Topliss-reactive ketones (excluding diaryl/α,β-unsaturated/α-hetero) is 1. The van der Waals surface area contributed by atoms with Crippen LogP contribution >= 0.6 is 0 Å². The van der Waals surface area contributed by atoms with Crippen molar-refractivity contribution in [3.8, 4) is 0 Å². The lowest BCUT2D eigenvalue weighted by Gasteiger charge is -2.25. The first kappa shape index (κ1) is 22.3. The maximum absolute atomic E-state index is 14.2. The average molecular weight is 410 g/mol. The topological polar surface area (TPSA) is 142 Å². The number of ketones is 1. The van der Waals surface area contributed by atoms with Gasteiger partial charge in [-0.1, -0.05) is 18.2 Å². The summed E-state index contributed by atoms with van der Waals surface area (Å²) in [7, 11) is 0. The van der Waals surface area contributed by atoms with Crippen molar-refractivity contribution < 1.29 is 38.5 Å². The third kappa shape index (κ3) is 4.89. The predicted octanol–water partition coefficient (Wildman–Crippen LogP) is 1.48. The number of benzene rings is 1. The molecule has 29 heavy (non-hydrogen) atoms. The van der Waals surface area contributed by atoms with Crippen molar-refractivity contribution in [2.24, 2.45) is 5.92 Å². The Bertz CT molecular complexity index is 836. The minimum atomic E-state index is -2.30. The first-order valence-corrected chi connectivity index (χ1v) is 8.86. The van der Waals surface area contributed by atoms with Gasteiger partial charge in [-0.3, -0.25) is 14.9 Å². The third-order valence-corrected chi connectivity index (χ3v) is 4.52. The summed E-state index contributed by atoms with van der Waals surface area (Å²) in [4.78, 5) is 48.1. The second kappa shape index (κ2) is 8.16. The number of nitrogens with one attached hydrogen (secondary N) is 2. The summed E-state index contributed by atoms with van der Waals surface area (Å²) in [5.41, 5.74) is -3.19. The maximum Gasteiger partial charge on any atom is 0.408 e. The van der Waals surface area contributed by atoms with Gasteiger partial charge in [-0.2, -0.15) is 0 Å². The average Bonchev–Trinajstić information content (AvgIpc) is 3.01. The Hall–Kier alpha value is -3.01. The van der Waals surface area contributed by atoms with E-state index in [0.717, 1.165) is 6.07 Å². The molecular formula is C19H23FN2O7. The summed E-state index contributed by atoms with van der Waals surface area (Å²) in [5, 5.41) is 23.9. The normalized spacial score (nSPS) is 24.0. The van der Waals surface area contributed by atoms with Gasteiger partial charge in [0.25, 0.3) is 0 Å². The summed E-state index contributed by atoms with van der Waals surface area (Å²) < 4.78 is 19.2. The quantitative estimate of drug-likeness (QED) is 0.517. The molecule has 2 rings (SSSR count). The van der Waals surface area contributed by atoms with Gasteiger partial charge in [0.2, 0.25) is 0 Å². The zero-order valence-electron chi connectivity index (χ0n) is 16.2. The van der Waals surface area contributed by atoms with Crippen LogP contribution in [0.25, 0.3) is 0 Å². The Kier molecular flexibility index (Phi) is 6.27. The summed E-state index contributed by atoms with van der Waals surface area (Å²) in [6.07, 6.45) is -1.53. The Morgan fingerprint density at radius 3 is 2.38 bits per heavy atom. The highest BCUT2D eigenvalue weighted by Gasteiger charge is 2.57. The van der Waals surface area contributed by atoms with Gasteiger partial charge in [-0.25, -0.2) is 14.0 Å². The number of amides is 1. The van der Waals surface area contributed by atoms with E-state index < -0.39 is 65.7 Å². The first-order valence-electron chi connectivity index (χ1n) is 8.86. The van der Waals surface area contributed by atoms with E-state index in [1.54, 1.807) is 20.8 Å². The second-order valence-electron chi connectivity index (χ2n) is 7.78. The molecule has 4 N–H and O–H groups in total. The Balaban J connectivity index is 2.28. The molecular weight excluding hydrogens is 387 g/mol. The Morgan fingerprint density at radius 1 is 1.24 bits per heavy atom. The number of hydrogen-bond acceptors (Lipinski definition) is 6. The van der Waals surface area contributed by atoms with Crippen molar-refractivity contribution in [1.82, 2.24) is 10.6 Å². The number of hydrogen-bond donors (Lipinski definition) is 4. The molecule has 0 bridgehead atoms.